The predicted octanol–water partition coefficient (Wildman–Crippen LogP) is 5.00. The molecule has 0 aliphatic carbocycles. The van der Waals surface area contributed by atoms with Gasteiger partial charge >= 0.3 is 0 Å². The number of ether oxygens (including phenoxy) is 1. The molecule has 6 heteroatoms. The molecule has 0 radical (unpaired) electrons. The summed E-state index contributed by atoms with van der Waals surface area (Å²) in [6, 6.07) is 16.6. The van der Waals surface area contributed by atoms with E-state index >= 15 is 0 Å². The molecule has 5 rings (SSSR count). The Labute approximate surface area is 167 Å². The third-order valence-corrected chi connectivity index (χ3v) is 5.78. The van der Waals surface area contributed by atoms with Gasteiger partial charge in [0.2, 0.25) is 0 Å². The molecule has 1 fully saturated rings. The van der Waals surface area contributed by atoms with Crippen LogP contribution in [0.3, 0.4) is 0 Å². The summed E-state index contributed by atoms with van der Waals surface area (Å²) in [4.78, 5) is 9.10. The van der Waals surface area contributed by atoms with Crippen molar-refractivity contribution in [1.29, 1.82) is 0 Å². The van der Waals surface area contributed by atoms with Crippen molar-refractivity contribution in [3.8, 4) is 10.9 Å². The third kappa shape index (κ3) is 3.61. The van der Waals surface area contributed by atoms with Crippen LogP contribution in [0.25, 0.3) is 11.0 Å². The van der Waals surface area contributed by atoms with Crippen molar-refractivity contribution < 1.29 is 9.15 Å². The number of hydrogen-bond donors (Lipinski definition) is 0. The minimum absolute atomic E-state index is 0.641. The van der Waals surface area contributed by atoms with Gasteiger partial charge in [0.15, 0.2) is 0 Å². The Morgan fingerprint density at radius 2 is 1.89 bits per heavy atom. The lowest BCUT2D eigenvalue weighted by atomic mass is 10.1. The Balaban J connectivity index is 1.25. The monoisotopic (exact) mass is 391 g/mol. The van der Waals surface area contributed by atoms with Crippen LogP contribution in [0.2, 0.25) is 0 Å². The van der Waals surface area contributed by atoms with Crippen molar-refractivity contribution in [1.82, 2.24) is 9.88 Å². The number of para-hydroxylation sites is 1. The van der Waals surface area contributed by atoms with Gasteiger partial charge in [-0.05, 0) is 24.3 Å². The smallest absolute Gasteiger partial charge is 0.278 e. The van der Waals surface area contributed by atoms with Gasteiger partial charge in [0.1, 0.15) is 11.3 Å². The number of benzene rings is 2. The molecule has 1 aliphatic heterocycles. The first-order valence-corrected chi connectivity index (χ1v) is 10.3. The quantitative estimate of drug-likeness (QED) is 0.479. The highest BCUT2D eigenvalue weighted by atomic mass is 32.1. The minimum Gasteiger partial charge on any atom is -0.464 e. The molecule has 1 aliphatic rings. The molecule has 0 atom stereocenters. The first-order valence-electron chi connectivity index (χ1n) is 9.45. The van der Waals surface area contributed by atoms with Gasteiger partial charge in [0, 0.05) is 67.0 Å². The maximum Gasteiger partial charge on any atom is 0.278 e. The SMILES string of the molecule is c1ccc(N2CCN(Cc3coc4cc(Oc5nccs5)ccc34)CC2)cc1. The molecular weight excluding hydrogens is 370 g/mol. The molecule has 0 spiro atoms. The Hall–Kier alpha value is -2.83. The molecule has 5 nitrogen and oxygen atoms in total. The Morgan fingerprint density at radius 1 is 1.04 bits per heavy atom. The summed E-state index contributed by atoms with van der Waals surface area (Å²) in [6.45, 7) is 5.10. The van der Waals surface area contributed by atoms with Crippen LogP contribution in [0, 0.1) is 0 Å². The van der Waals surface area contributed by atoms with Gasteiger partial charge in [-0.2, -0.15) is 0 Å². The average molecular weight is 391 g/mol. The van der Waals surface area contributed by atoms with Crippen molar-refractivity contribution in [2.24, 2.45) is 0 Å². The first kappa shape index (κ1) is 17.3. The van der Waals surface area contributed by atoms with E-state index in [1.54, 1.807) is 6.20 Å². The van der Waals surface area contributed by atoms with Crippen LogP contribution in [-0.4, -0.2) is 36.1 Å². The molecule has 0 unspecified atom stereocenters. The molecule has 0 N–H and O–H groups in total. The Kier molecular flexibility index (Phi) is 4.72. The topological polar surface area (TPSA) is 41.7 Å². The van der Waals surface area contributed by atoms with E-state index in [0.29, 0.717) is 5.19 Å². The summed E-state index contributed by atoms with van der Waals surface area (Å²) in [5, 5.41) is 3.69. The zero-order chi connectivity index (χ0) is 18.8. The molecule has 1 saturated heterocycles. The lowest BCUT2D eigenvalue weighted by molar-refractivity contribution is 0.250. The fraction of sp³-hybridized carbons (Fsp3) is 0.227. The second-order valence-corrected chi connectivity index (χ2v) is 7.77. The molecular formula is C22H21N3O2S. The van der Waals surface area contributed by atoms with Crippen LogP contribution < -0.4 is 9.64 Å². The van der Waals surface area contributed by atoms with Crippen LogP contribution >= 0.6 is 11.3 Å². The van der Waals surface area contributed by atoms with E-state index in [4.69, 9.17) is 9.15 Å². The molecule has 0 saturated carbocycles. The van der Waals surface area contributed by atoms with E-state index in [1.807, 2.05) is 23.8 Å². The van der Waals surface area contributed by atoms with Gasteiger partial charge in [-0.15, -0.1) is 0 Å². The second-order valence-electron chi connectivity index (χ2n) is 6.92. The number of furan rings is 1. The van der Waals surface area contributed by atoms with E-state index < -0.39 is 0 Å². The fourth-order valence-corrected chi connectivity index (χ4v) is 4.16. The molecule has 2 aromatic heterocycles. The summed E-state index contributed by atoms with van der Waals surface area (Å²) in [6.07, 6.45) is 3.61. The number of nitrogens with zero attached hydrogens (tertiary/aromatic N) is 3. The highest BCUT2D eigenvalue weighted by molar-refractivity contribution is 7.11. The van der Waals surface area contributed by atoms with Gasteiger partial charge in [-0.25, -0.2) is 4.98 Å². The highest BCUT2D eigenvalue weighted by Gasteiger charge is 2.19. The summed E-state index contributed by atoms with van der Waals surface area (Å²) in [5.74, 6) is 0.750. The van der Waals surface area contributed by atoms with Crippen LogP contribution in [-0.2, 0) is 6.54 Å². The van der Waals surface area contributed by atoms with E-state index in [2.05, 4.69) is 51.2 Å². The maximum atomic E-state index is 5.81. The van der Waals surface area contributed by atoms with Crippen LogP contribution in [0.15, 0.2) is 70.8 Å². The minimum atomic E-state index is 0.641. The summed E-state index contributed by atoms with van der Waals surface area (Å²) < 4.78 is 11.6. The van der Waals surface area contributed by atoms with Gasteiger partial charge in [-0.3, -0.25) is 4.90 Å². The third-order valence-electron chi connectivity index (χ3n) is 5.13. The number of fused-ring (bicyclic) bond motifs is 1. The Morgan fingerprint density at radius 3 is 2.68 bits per heavy atom. The lowest BCUT2D eigenvalue weighted by Gasteiger charge is -2.36. The predicted molar refractivity (Wildman–Crippen MR) is 112 cm³/mol. The first-order chi connectivity index (χ1) is 13.8. The van der Waals surface area contributed by atoms with E-state index in [0.717, 1.165) is 49.4 Å². The molecule has 28 heavy (non-hydrogen) atoms. The fourth-order valence-electron chi connectivity index (χ4n) is 3.65. The molecule has 0 amide bonds. The van der Waals surface area contributed by atoms with Crippen LogP contribution in [0.5, 0.6) is 10.9 Å². The summed E-state index contributed by atoms with van der Waals surface area (Å²) in [7, 11) is 0. The largest absolute Gasteiger partial charge is 0.464 e. The van der Waals surface area contributed by atoms with E-state index in [1.165, 1.54) is 22.6 Å². The number of thiazole rings is 1. The van der Waals surface area contributed by atoms with Crippen molar-refractivity contribution in [3.63, 3.8) is 0 Å². The standard InChI is InChI=1S/C22H21N3O2S/c1-2-4-18(5-3-1)25-11-9-24(10-12-25)15-17-16-26-21-14-19(6-7-20(17)21)27-22-23-8-13-28-22/h1-8,13-14,16H,9-12,15H2. The zero-order valence-electron chi connectivity index (χ0n) is 15.5. The second kappa shape index (κ2) is 7.66. The summed E-state index contributed by atoms with van der Waals surface area (Å²) >= 11 is 1.48. The molecule has 0 bridgehead atoms. The molecule has 3 heterocycles. The van der Waals surface area contributed by atoms with E-state index in [-0.39, 0.29) is 0 Å². The average Bonchev–Trinajstić information content (AvgIpc) is 3.39. The maximum absolute atomic E-state index is 5.81. The van der Waals surface area contributed by atoms with Crippen LogP contribution in [0.4, 0.5) is 5.69 Å². The number of hydrogen-bond acceptors (Lipinski definition) is 6. The van der Waals surface area contributed by atoms with Crippen LogP contribution in [0.1, 0.15) is 5.56 Å². The van der Waals surface area contributed by atoms with Crippen molar-refractivity contribution >= 4 is 28.0 Å². The van der Waals surface area contributed by atoms with Gasteiger partial charge in [0.05, 0.1) is 6.26 Å². The number of aromatic nitrogens is 1. The number of anilines is 1. The molecule has 142 valence electrons. The number of rotatable bonds is 5. The van der Waals surface area contributed by atoms with Gasteiger partial charge in [0.25, 0.3) is 5.19 Å². The highest BCUT2D eigenvalue weighted by Crippen LogP contribution is 2.30. The van der Waals surface area contributed by atoms with Crippen molar-refractivity contribution in [2.45, 2.75) is 6.54 Å². The molecule has 4 aromatic rings. The Bertz CT molecular complexity index is 1040. The van der Waals surface area contributed by atoms with Crippen molar-refractivity contribution in [2.75, 3.05) is 31.1 Å². The zero-order valence-corrected chi connectivity index (χ0v) is 16.3. The van der Waals surface area contributed by atoms with Gasteiger partial charge < -0.3 is 14.1 Å². The summed E-state index contributed by atoms with van der Waals surface area (Å²) in [5.41, 5.74) is 3.39. The molecule has 2 aromatic carbocycles. The lowest BCUT2D eigenvalue weighted by Crippen LogP contribution is -2.45. The van der Waals surface area contributed by atoms with Crippen molar-refractivity contribution in [3.05, 3.63) is 71.9 Å². The normalized spacial score (nSPS) is 15.2. The number of piperazine rings is 1. The van der Waals surface area contributed by atoms with E-state index in [9.17, 15) is 0 Å². The van der Waals surface area contributed by atoms with Gasteiger partial charge in [-0.1, -0.05) is 29.5 Å².